The quantitative estimate of drug-likeness (QED) is 0.171. The lowest BCUT2D eigenvalue weighted by atomic mass is 9.79. The Labute approximate surface area is 325 Å². The largest absolute Gasteiger partial charge is 0.310 e. The Morgan fingerprint density at radius 1 is 0.418 bits per heavy atom. The molecular formula is C53H37NS. The second kappa shape index (κ2) is 12.3. The zero-order chi connectivity index (χ0) is 36.7. The van der Waals surface area contributed by atoms with Crippen molar-refractivity contribution in [3.8, 4) is 33.4 Å². The predicted molar refractivity (Wildman–Crippen MR) is 237 cm³/mol. The third-order valence-electron chi connectivity index (χ3n) is 11.8. The number of benzene rings is 9. The van der Waals surface area contributed by atoms with Crippen molar-refractivity contribution >= 4 is 70.1 Å². The number of hydrogen-bond donors (Lipinski definition) is 0. The molecule has 1 nitrogen and oxygen atoms in total. The van der Waals surface area contributed by atoms with Crippen molar-refractivity contribution in [2.45, 2.75) is 19.3 Å². The third kappa shape index (κ3) is 4.99. The summed E-state index contributed by atoms with van der Waals surface area (Å²) in [6.07, 6.45) is 0. The van der Waals surface area contributed by atoms with Gasteiger partial charge in [-0.1, -0.05) is 153 Å². The summed E-state index contributed by atoms with van der Waals surface area (Å²) in [4.78, 5) is 2.44. The summed E-state index contributed by atoms with van der Waals surface area (Å²) in [6, 6.07) is 69.6. The van der Waals surface area contributed by atoms with Crippen LogP contribution in [-0.4, -0.2) is 0 Å². The van der Waals surface area contributed by atoms with Crippen molar-refractivity contribution in [1.82, 2.24) is 0 Å². The number of thiophene rings is 1. The van der Waals surface area contributed by atoms with Crippen LogP contribution in [0, 0.1) is 0 Å². The molecule has 0 unspecified atom stereocenters. The molecule has 10 aromatic rings. The Balaban J connectivity index is 1.09. The number of fused-ring (bicyclic) bond motifs is 9. The smallest absolute Gasteiger partial charge is 0.0540 e. The minimum absolute atomic E-state index is 0.0916. The highest BCUT2D eigenvalue weighted by Crippen LogP contribution is 2.55. The van der Waals surface area contributed by atoms with Crippen molar-refractivity contribution in [3.05, 3.63) is 199 Å². The molecule has 0 saturated carbocycles. The normalized spacial score (nSPS) is 13.1. The summed E-state index contributed by atoms with van der Waals surface area (Å²) in [7, 11) is 0. The van der Waals surface area contributed by atoms with Crippen LogP contribution < -0.4 is 4.90 Å². The second-order valence-electron chi connectivity index (χ2n) is 15.3. The van der Waals surface area contributed by atoms with Gasteiger partial charge in [0.05, 0.1) is 5.69 Å². The van der Waals surface area contributed by atoms with Gasteiger partial charge in [-0.15, -0.1) is 11.3 Å². The Morgan fingerprint density at radius 3 is 1.96 bits per heavy atom. The minimum Gasteiger partial charge on any atom is -0.310 e. The van der Waals surface area contributed by atoms with Crippen LogP contribution in [0.4, 0.5) is 17.1 Å². The molecule has 11 rings (SSSR count). The molecule has 0 atom stereocenters. The van der Waals surface area contributed by atoms with Gasteiger partial charge >= 0.3 is 0 Å². The number of hydrogen-bond acceptors (Lipinski definition) is 2. The van der Waals surface area contributed by atoms with Gasteiger partial charge in [0.15, 0.2) is 0 Å². The van der Waals surface area contributed by atoms with Crippen LogP contribution in [0.5, 0.6) is 0 Å². The number of nitrogens with zero attached hydrogens (tertiary/aromatic N) is 1. The van der Waals surface area contributed by atoms with Crippen LogP contribution in [0.2, 0.25) is 0 Å². The Kier molecular flexibility index (Phi) is 7.14. The molecule has 55 heavy (non-hydrogen) atoms. The van der Waals surface area contributed by atoms with E-state index >= 15 is 0 Å². The van der Waals surface area contributed by atoms with Gasteiger partial charge in [0.25, 0.3) is 0 Å². The Bertz CT molecular complexity index is 3130. The van der Waals surface area contributed by atoms with E-state index in [2.05, 4.69) is 207 Å². The summed E-state index contributed by atoms with van der Waals surface area (Å²) in [5.41, 5.74) is 13.8. The third-order valence-corrected chi connectivity index (χ3v) is 12.9. The molecule has 0 amide bonds. The van der Waals surface area contributed by atoms with E-state index in [-0.39, 0.29) is 5.41 Å². The molecule has 1 aliphatic rings. The maximum atomic E-state index is 2.44. The summed E-state index contributed by atoms with van der Waals surface area (Å²) in [5.74, 6) is 0. The summed E-state index contributed by atoms with van der Waals surface area (Å²) < 4.78 is 2.61. The lowest BCUT2D eigenvalue weighted by Gasteiger charge is -2.28. The lowest BCUT2D eigenvalue weighted by Crippen LogP contribution is -2.15. The predicted octanol–water partition coefficient (Wildman–Crippen LogP) is 15.5. The van der Waals surface area contributed by atoms with E-state index in [0.29, 0.717) is 0 Å². The van der Waals surface area contributed by atoms with Gasteiger partial charge in [0, 0.05) is 42.5 Å². The molecule has 2 heteroatoms. The lowest BCUT2D eigenvalue weighted by molar-refractivity contribution is 0.666. The number of rotatable bonds is 5. The standard InChI is InChI=1S/C53H37NS/c1-53(2)47-21-11-8-20-45(47)51-46(32-37-16-6-7-18-42(37)52(51)53)38-25-24-36-31-39(27-26-35(36)30-38)54(48-22-12-9-17-41(48)34-14-4-3-5-15-34)40-28-29-44-43-19-10-13-23-49(43)55-50(44)33-40/h3-33H,1-2H3. The molecule has 1 heterocycles. The molecule has 0 fully saturated rings. The number of para-hydroxylation sites is 1. The van der Waals surface area contributed by atoms with Gasteiger partial charge in [-0.25, -0.2) is 0 Å². The first-order chi connectivity index (χ1) is 27.0. The van der Waals surface area contributed by atoms with E-state index in [0.717, 1.165) is 17.1 Å². The number of anilines is 3. The summed E-state index contributed by atoms with van der Waals surface area (Å²) in [5, 5.41) is 7.69. The van der Waals surface area contributed by atoms with E-state index in [9.17, 15) is 0 Å². The SMILES string of the molecule is CC1(C)c2ccccc2-c2c(-c3ccc4cc(N(c5ccc6c(c5)sc5ccccc56)c5ccccc5-c5ccccc5)ccc4c3)cc3ccccc3c21. The van der Waals surface area contributed by atoms with Crippen molar-refractivity contribution in [2.75, 3.05) is 4.90 Å². The van der Waals surface area contributed by atoms with E-state index < -0.39 is 0 Å². The van der Waals surface area contributed by atoms with Gasteiger partial charge in [-0.2, -0.15) is 0 Å². The second-order valence-corrected chi connectivity index (χ2v) is 16.4. The van der Waals surface area contributed by atoms with Gasteiger partial charge in [0.1, 0.15) is 0 Å². The van der Waals surface area contributed by atoms with Crippen LogP contribution in [0.25, 0.3) is 75.1 Å². The fourth-order valence-electron chi connectivity index (χ4n) is 9.24. The summed E-state index contributed by atoms with van der Waals surface area (Å²) >= 11 is 1.86. The van der Waals surface area contributed by atoms with Crippen LogP contribution in [0.1, 0.15) is 25.0 Å². The topological polar surface area (TPSA) is 3.24 Å². The Morgan fingerprint density at radius 2 is 1.07 bits per heavy atom. The van der Waals surface area contributed by atoms with Gasteiger partial charge < -0.3 is 4.90 Å². The summed E-state index contributed by atoms with van der Waals surface area (Å²) in [6.45, 7) is 4.77. The van der Waals surface area contributed by atoms with Crippen LogP contribution in [-0.2, 0) is 5.41 Å². The van der Waals surface area contributed by atoms with Crippen LogP contribution in [0.15, 0.2) is 188 Å². The zero-order valence-electron chi connectivity index (χ0n) is 30.8. The van der Waals surface area contributed by atoms with Crippen molar-refractivity contribution < 1.29 is 0 Å². The zero-order valence-corrected chi connectivity index (χ0v) is 31.6. The molecule has 0 aliphatic heterocycles. The van der Waals surface area contributed by atoms with Crippen molar-refractivity contribution in [1.29, 1.82) is 0 Å². The highest BCUT2D eigenvalue weighted by atomic mass is 32.1. The first-order valence-electron chi connectivity index (χ1n) is 19.1. The van der Waals surface area contributed by atoms with Gasteiger partial charge in [0.2, 0.25) is 0 Å². The maximum absolute atomic E-state index is 2.44. The van der Waals surface area contributed by atoms with Crippen LogP contribution in [0.3, 0.4) is 0 Å². The molecule has 0 bridgehead atoms. The minimum atomic E-state index is -0.0916. The molecule has 9 aromatic carbocycles. The fraction of sp³-hybridized carbons (Fsp3) is 0.0566. The van der Waals surface area contributed by atoms with E-state index in [1.165, 1.54) is 86.2 Å². The molecule has 0 spiro atoms. The highest BCUT2D eigenvalue weighted by Gasteiger charge is 2.38. The van der Waals surface area contributed by atoms with Gasteiger partial charge in [-0.05, 0) is 109 Å². The van der Waals surface area contributed by atoms with Crippen molar-refractivity contribution in [3.63, 3.8) is 0 Å². The van der Waals surface area contributed by atoms with Gasteiger partial charge in [-0.3, -0.25) is 0 Å². The van der Waals surface area contributed by atoms with E-state index in [4.69, 9.17) is 0 Å². The first kappa shape index (κ1) is 32.0. The van der Waals surface area contributed by atoms with Crippen LogP contribution >= 0.6 is 11.3 Å². The van der Waals surface area contributed by atoms with Crippen molar-refractivity contribution in [2.24, 2.45) is 0 Å². The Hall–Kier alpha value is -6.48. The molecule has 1 aliphatic carbocycles. The first-order valence-corrected chi connectivity index (χ1v) is 19.9. The molecule has 0 N–H and O–H groups in total. The highest BCUT2D eigenvalue weighted by molar-refractivity contribution is 7.25. The monoisotopic (exact) mass is 719 g/mol. The molecule has 1 aromatic heterocycles. The van der Waals surface area contributed by atoms with E-state index in [1.807, 2.05) is 11.3 Å². The maximum Gasteiger partial charge on any atom is 0.0540 e. The fourth-order valence-corrected chi connectivity index (χ4v) is 10.4. The average Bonchev–Trinajstić information content (AvgIpc) is 3.72. The molecule has 260 valence electrons. The van der Waals surface area contributed by atoms with E-state index in [1.54, 1.807) is 0 Å². The average molecular weight is 720 g/mol. The molecule has 0 saturated heterocycles. The molecule has 0 radical (unpaired) electrons. The molecular weight excluding hydrogens is 683 g/mol.